The average molecular weight is 194 g/mol. The van der Waals surface area contributed by atoms with E-state index in [0.29, 0.717) is 5.56 Å². The maximum Gasteiger partial charge on any atom is 0.353 e. The minimum atomic E-state index is -0.835. The summed E-state index contributed by atoms with van der Waals surface area (Å²) in [7, 11) is 0. The summed E-state index contributed by atoms with van der Waals surface area (Å²) in [6.07, 6.45) is 0. The SMILES string of the molecule is N=NN[C@H](C(=O)ON)c1ccccc1. The van der Waals surface area contributed by atoms with E-state index in [9.17, 15) is 4.79 Å². The Hall–Kier alpha value is -1.95. The molecular weight excluding hydrogens is 184 g/mol. The number of nitrogens with two attached hydrogens (primary N) is 1. The predicted molar refractivity (Wildman–Crippen MR) is 47.7 cm³/mol. The summed E-state index contributed by atoms with van der Waals surface area (Å²) in [5, 5.41) is 2.93. The van der Waals surface area contributed by atoms with Crippen molar-refractivity contribution in [3.05, 3.63) is 35.9 Å². The standard InChI is InChI=1S/C8H10N4O2/c9-12-11-7(8(13)14-10)6-4-2-1-3-5-6/h1-5,7H,10H2,(H2,9,11)/t7-/m0/s1. The van der Waals surface area contributed by atoms with Crippen LogP contribution in [0.25, 0.3) is 0 Å². The molecule has 74 valence electrons. The number of rotatable bonds is 4. The maximum absolute atomic E-state index is 11.1. The number of carbonyl (C=O) groups excluding carboxylic acids is 1. The minimum absolute atomic E-state index is 0.638. The van der Waals surface area contributed by atoms with Crippen molar-refractivity contribution in [2.24, 2.45) is 11.1 Å². The highest BCUT2D eigenvalue weighted by Crippen LogP contribution is 2.13. The zero-order chi connectivity index (χ0) is 10.4. The normalized spacial score (nSPS) is 11.5. The molecule has 0 saturated heterocycles. The van der Waals surface area contributed by atoms with Gasteiger partial charge in [-0.2, -0.15) is 11.4 Å². The van der Waals surface area contributed by atoms with Gasteiger partial charge < -0.3 is 4.84 Å². The van der Waals surface area contributed by atoms with Crippen LogP contribution in [-0.4, -0.2) is 5.97 Å². The van der Waals surface area contributed by atoms with Crippen molar-refractivity contribution < 1.29 is 9.63 Å². The van der Waals surface area contributed by atoms with Crippen molar-refractivity contribution >= 4 is 5.97 Å². The lowest BCUT2D eigenvalue weighted by atomic mass is 10.1. The van der Waals surface area contributed by atoms with E-state index < -0.39 is 12.0 Å². The molecular formula is C8H10N4O2. The number of hydrogen-bond acceptors (Lipinski definition) is 5. The van der Waals surface area contributed by atoms with Crippen LogP contribution in [0.1, 0.15) is 11.6 Å². The Bertz CT molecular complexity index is 314. The molecule has 0 bridgehead atoms. The van der Waals surface area contributed by atoms with Crippen molar-refractivity contribution in [3.8, 4) is 0 Å². The van der Waals surface area contributed by atoms with Crippen LogP contribution in [0, 0.1) is 5.53 Å². The monoisotopic (exact) mass is 194 g/mol. The van der Waals surface area contributed by atoms with Crippen LogP contribution in [-0.2, 0) is 9.63 Å². The highest BCUT2D eigenvalue weighted by molar-refractivity contribution is 5.77. The van der Waals surface area contributed by atoms with Gasteiger partial charge in [0.15, 0.2) is 6.04 Å². The summed E-state index contributed by atoms with van der Waals surface area (Å²) < 4.78 is 0. The molecule has 14 heavy (non-hydrogen) atoms. The summed E-state index contributed by atoms with van der Waals surface area (Å²) in [4.78, 5) is 15.2. The fourth-order valence-electron chi connectivity index (χ4n) is 1.04. The first kappa shape index (κ1) is 10.1. The Morgan fingerprint density at radius 3 is 2.64 bits per heavy atom. The van der Waals surface area contributed by atoms with Crippen molar-refractivity contribution in [3.63, 3.8) is 0 Å². The first-order valence-corrected chi connectivity index (χ1v) is 3.87. The van der Waals surface area contributed by atoms with Crippen molar-refractivity contribution in [1.82, 2.24) is 5.43 Å². The van der Waals surface area contributed by atoms with Crippen LogP contribution in [0.3, 0.4) is 0 Å². The molecule has 0 spiro atoms. The molecule has 0 fully saturated rings. The van der Waals surface area contributed by atoms with Gasteiger partial charge >= 0.3 is 5.97 Å². The van der Waals surface area contributed by atoms with Gasteiger partial charge in [-0.05, 0) is 5.56 Å². The molecule has 0 aliphatic heterocycles. The molecule has 0 aliphatic rings. The van der Waals surface area contributed by atoms with Crippen molar-refractivity contribution in [2.45, 2.75) is 6.04 Å². The van der Waals surface area contributed by atoms with Crippen molar-refractivity contribution in [1.29, 1.82) is 5.53 Å². The Labute approximate surface area is 80.5 Å². The molecule has 0 aromatic heterocycles. The van der Waals surface area contributed by atoms with E-state index in [1.165, 1.54) is 0 Å². The third-order valence-electron chi connectivity index (χ3n) is 1.68. The topological polar surface area (TPSA) is 101 Å². The molecule has 6 nitrogen and oxygen atoms in total. The van der Waals surface area contributed by atoms with Gasteiger partial charge in [-0.3, -0.25) is 5.43 Å². The second-order valence-corrected chi connectivity index (χ2v) is 2.52. The van der Waals surface area contributed by atoms with E-state index in [1.54, 1.807) is 24.3 Å². The van der Waals surface area contributed by atoms with Gasteiger partial charge in [-0.15, -0.1) is 0 Å². The molecule has 0 radical (unpaired) electrons. The van der Waals surface area contributed by atoms with Gasteiger partial charge in [0, 0.05) is 0 Å². The minimum Gasteiger partial charge on any atom is -0.371 e. The lowest BCUT2D eigenvalue weighted by Gasteiger charge is -2.12. The molecule has 6 heteroatoms. The van der Waals surface area contributed by atoms with E-state index in [4.69, 9.17) is 11.4 Å². The number of nitrogens with zero attached hydrogens (tertiary/aromatic N) is 1. The van der Waals surface area contributed by atoms with Gasteiger partial charge in [0.2, 0.25) is 0 Å². The zero-order valence-corrected chi connectivity index (χ0v) is 7.31. The van der Waals surface area contributed by atoms with Gasteiger partial charge in [-0.25, -0.2) is 4.79 Å². The Balaban J connectivity index is 2.88. The summed E-state index contributed by atoms with van der Waals surface area (Å²) in [5.74, 6) is 4.06. The predicted octanol–water partition coefficient (Wildman–Crippen LogP) is 0.680. The van der Waals surface area contributed by atoms with Crippen LogP contribution in [0.2, 0.25) is 0 Å². The molecule has 1 aromatic carbocycles. The van der Waals surface area contributed by atoms with Gasteiger partial charge in [0.1, 0.15) is 0 Å². The molecule has 4 N–H and O–H groups in total. The third kappa shape index (κ3) is 2.27. The van der Waals surface area contributed by atoms with Gasteiger partial charge in [0.25, 0.3) is 0 Å². The molecule has 1 aromatic rings. The van der Waals surface area contributed by atoms with Crippen LogP contribution in [0.15, 0.2) is 35.6 Å². The summed E-state index contributed by atoms with van der Waals surface area (Å²) >= 11 is 0. The first-order valence-electron chi connectivity index (χ1n) is 3.87. The quantitative estimate of drug-likeness (QED) is 0.484. The summed E-state index contributed by atoms with van der Waals surface area (Å²) in [6, 6.07) is 7.92. The highest BCUT2D eigenvalue weighted by Gasteiger charge is 2.20. The van der Waals surface area contributed by atoms with E-state index in [-0.39, 0.29) is 0 Å². The molecule has 0 aliphatic carbocycles. The molecule has 0 heterocycles. The van der Waals surface area contributed by atoms with E-state index in [0.717, 1.165) is 0 Å². The first-order chi connectivity index (χ1) is 6.79. The molecule has 0 saturated carbocycles. The maximum atomic E-state index is 11.1. The Morgan fingerprint density at radius 2 is 2.14 bits per heavy atom. The van der Waals surface area contributed by atoms with Crippen molar-refractivity contribution in [2.75, 3.05) is 0 Å². The number of hydrogen-bond donors (Lipinski definition) is 3. The highest BCUT2D eigenvalue weighted by atomic mass is 16.7. The Kier molecular flexibility index (Phi) is 3.57. The smallest absolute Gasteiger partial charge is 0.353 e. The summed E-state index contributed by atoms with van der Waals surface area (Å²) in [6.45, 7) is 0. The second kappa shape index (κ2) is 4.93. The van der Waals surface area contributed by atoms with Crippen LogP contribution in [0.5, 0.6) is 0 Å². The summed E-state index contributed by atoms with van der Waals surface area (Å²) in [5.41, 5.74) is 9.54. The van der Waals surface area contributed by atoms with E-state index >= 15 is 0 Å². The zero-order valence-electron chi connectivity index (χ0n) is 7.31. The molecule has 1 rings (SSSR count). The Morgan fingerprint density at radius 1 is 1.50 bits per heavy atom. The molecule has 1 atom stereocenters. The van der Waals surface area contributed by atoms with E-state index in [1.807, 2.05) is 6.07 Å². The third-order valence-corrected chi connectivity index (χ3v) is 1.68. The number of nitrogens with one attached hydrogen (secondary N) is 2. The lowest BCUT2D eigenvalue weighted by Crippen LogP contribution is -2.28. The fraction of sp³-hybridized carbons (Fsp3) is 0.125. The van der Waals surface area contributed by atoms with Crippen LogP contribution >= 0.6 is 0 Å². The van der Waals surface area contributed by atoms with E-state index in [2.05, 4.69) is 15.5 Å². The van der Waals surface area contributed by atoms with Crippen LogP contribution in [0.4, 0.5) is 0 Å². The fourth-order valence-corrected chi connectivity index (χ4v) is 1.04. The second-order valence-electron chi connectivity index (χ2n) is 2.52. The molecule has 0 unspecified atom stereocenters. The average Bonchev–Trinajstić information content (AvgIpc) is 2.26. The lowest BCUT2D eigenvalue weighted by molar-refractivity contribution is -0.147. The number of benzene rings is 1. The van der Waals surface area contributed by atoms with Gasteiger partial charge in [-0.1, -0.05) is 35.6 Å². The molecule has 0 amide bonds. The number of carbonyl (C=O) groups is 1. The largest absolute Gasteiger partial charge is 0.371 e. The van der Waals surface area contributed by atoms with Gasteiger partial charge in [0.05, 0.1) is 0 Å². The van der Waals surface area contributed by atoms with Crippen LogP contribution < -0.4 is 11.3 Å².